The summed E-state index contributed by atoms with van der Waals surface area (Å²) in [7, 11) is 0. The Morgan fingerprint density at radius 1 is 1.29 bits per heavy atom. The fourth-order valence-electron chi connectivity index (χ4n) is 2.47. The van der Waals surface area contributed by atoms with Crippen LogP contribution in [0.15, 0.2) is 30.3 Å². The van der Waals surface area contributed by atoms with Crippen molar-refractivity contribution in [3.63, 3.8) is 0 Å². The van der Waals surface area contributed by atoms with Gasteiger partial charge in [-0.1, -0.05) is 37.3 Å². The Kier molecular flexibility index (Phi) is 4.96. The number of nitrogens with one attached hydrogen (secondary N) is 2. The third-order valence-corrected chi connectivity index (χ3v) is 4.18. The van der Waals surface area contributed by atoms with E-state index in [1.807, 2.05) is 37.3 Å². The predicted octanol–water partition coefficient (Wildman–Crippen LogP) is 1.50. The molecule has 2 rings (SSSR count). The molecule has 21 heavy (non-hydrogen) atoms. The molecule has 0 bridgehead atoms. The summed E-state index contributed by atoms with van der Waals surface area (Å²) in [6.07, 6.45) is 2.08. The van der Waals surface area contributed by atoms with Crippen LogP contribution in [-0.4, -0.2) is 35.6 Å². The molecule has 1 unspecified atom stereocenters. The van der Waals surface area contributed by atoms with Gasteiger partial charge in [0.2, 0.25) is 5.91 Å². The Balaban J connectivity index is 1.74. The zero-order chi connectivity index (χ0) is 15.3. The maximum absolute atomic E-state index is 11.8. The molecule has 5 heteroatoms. The Labute approximate surface area is 124 Å². The number of hydrogen-bond acceptors (Lipinski definition) is 3. The van der Waals surface area contributed by atoms with E-state index in [0.717, 1.165) is 6.42 Å². The molecule has 1 atom stereocenters. The predicted molar refractivity (Wildman–Crippen MR) is 80.1 cm³/mol. The minimum Gasteiger partial charge on any atom is -0.480 e. The third-order valence-electron chi connectivity index (χ3n) is 4.18. The molecule has 1 aromatic carbocycles. The number of hydrogen-bond donors (Lipinski definition) is 3. The fourth-order valence-corrected chi connectivity index (χ4v) is 2.47. The lowest BCUT2D eigenvalue weighted by molar-refractivity contribution is -0.149. The quantitative estimate of drug-likeness (QED) is 0.711. The summed E-state index contributed by atoms with van der Waals surface area (Å²) < 4.78 is 0. The van der Waals surface area contributed by atoms with Crippen LogP contribution in [0.5, 0.6) is 0 Å². The van der Waals surface area contributed by atoms with Gasteiger partial charge in [0.25, 0.3) is 0 Å². The average molecular weight is 290 g/mol. The van der Waals surface area contributed by atoms with Crippen LogP contribution >= 0.6 is 0 Å². The summed E-state index contributed by atoms with van der Waals surface area (Å²) in [5.74, 6) is -0.795. The lowest BCUT2D eigenvalue weighted by Gasteiger charge is -2.38. The van der Waals surface area contributed by atoms with Crippen molar-refractivity contribution < 1.29 is 14.7 Å². The van der Waals surface area contributed by atoms with Gasteiger partial charge in [-0.2, -0.15) is 0 Å². The molecule has 1 aliphatic rings. The van der Waals surface area contributed by atoms with Gasteiger partial charge in [0.15, 0.2) is 0 Å². The van der Waals surface area contributed by atoms with Crippen molar-refractivity contribution in [1.82, 2.24) is 10.6 Å². The number of carboxylic acids is 1. The highest BCUT2D eigenvalue weighted by Gasteiger charge is 2.44. The standard InChI is InChI=1S/C16H22N2O3/c1-12(13-6-3-2-4-7-13)10-17-14(19)11-18-16(15(20)21)8-5-9-16/h2-4,6-7,12,18H,5,8-11H2,1H3,(H,17,19)(H,20,21). The summed E-state index contributed by atoms with van der Waals surface area (Å²) in [5, 5.41) is 14.9. The van der Waals surface area contributed by atoms with E-state index in [1.165, 1.54) is 5.56 Å². The van der Waals surface area contributed by atoms with Crippen LogP contribution in [0.3, 0.4) is 0 Å². The van der Waals surface area contributed by atoms with Gasteiger partial charge in [0.1, 0.15) is 5.54 Å². The molecule has 5 nitrogen and oxygen atoms in total. The molecular weight excluding hydrogens is 268 g/mol. The fraction of sp³-hybridized carbons (Fsp3) is 0.500. The molecule has 0 aliphatic heterocycles. The molecule has 0 radical (unpaired) electrons. The van der Waals surface area contributed by atoms with Crippen molar-refractivity contribution in [2.24, 2.45) is 0 Å². The molecule has 0 aromatic heterocycles. The van der Waals surface area contributed by atoms with Gasteiger partial charge in [-0.15, -0.1) is 0 Å². The number of benzene rings is 1. The second kappa shape index (κ2) is 6.72. The van der Waals surface area contributed by atoms with E-state index in [9.17, 15) is 9.59 Å². The second-order valence-electron chi connectivity index (χ2n) is 5.71. The Bertz CT molecular complexity index is 498. The van der Waals surface area contributed by atoms with E-state index in [0.29, 0.717) is 19.4 Å². The van der Waals surface area contributed by atoms with Crippen molar-refractivity contribution in [3.05, 3.63) is 35.9 Å². The van der Waals surface area contributed by atoms with E-state index >= 15 is 0 Å². The molecule has 1 aromatic rings. The van der Waals surface area contributed by atoms with Crippen LogP contribution in [0.4, 0.5) is 0 Å². The first-order valence-corrected chi connectivity index (χ1v) is 7.33. The van der Waals surface area contributed by atoms with Crippen molar-refractivity contribution >= 4 is 11.9 Å². The Morgan fingerprint density at radius 2 is 1.95 bits per heavy atom. The summed E-state index contributed by atoms with van der Waals surface area (Å²) in [5.41, 5.74) is 0.286. The summed E-state index contributed by atoms with van der Waals surface area (Å²) in [6, 6.07) is 9.97. The first-order valence-electron chi connectivity index (χ1n) is 7.33. The molecule has 1 saturated carbocycles. The number of amides is 1. The molecule has 0 spiro atoms. The molecule has 1 aliphatic carbocycles. The van der Waals surface area contributed by atoms with E-state index in [-0.39, 0.29) is 18.4 Å². The van der Waals surface area contributed by atoms with Crippen molar-refractivity contribution in [3.8, 4) is 0 Å². The third kappa shape index (κ3) is 3.82. The normalized spacial score (nSPS) is 17.6. The van der Waals surface area contributed by atoms with E-state index in [1.54, 1.807) is 0 Å². The number of rotatable bonds is 7. The lowest BCUT2D eigenvalue weighted by Crippen LogP contribution is -2.59. The maximum Gasteiger partial charge on any atom is 0.323 e. The number of carbonyl (C=O) groups excluding carboxylic acids is 1. The van der Waals surface area contributed by atoms with Gasteiger partial charge >= 0.3 is 5.97 Å². The summed E-state index contributed by atoms with van der Waals surface area (Å²) in [6.45, 7) is 2.64. The van der Waals surface area contributed by atoms with E-state index < -0.39 is 11.5 Å². The highest BCUT2D eigenvalue weighted by Crippen LogP contribution is 2.31. The molecule has 1 amide bonds. The maximum atomic E-state index is 11.8. The molecule has 3 N–H and O–H groups in total. The lowest BCUT2D eigenvalue weighted by atomic mass is 9.77. The van der Waals surface area contributed by atoms with Crippen LogP contribution < -0.4 is 10.6 Å². The van der Waals surface area contributed by atoms with E-state index in [2.05, 4.69) is 10.6 Å². The summed E-state index contributed by atoms with van der Waals surface area (Å²) >= 11 is 0. The van der Waals surface area contributed by atoms with Crippen molar-refractivity contribution in [2.45, 2.75) is 37.6 Å². The van der Waals surface area contributed by atoms with Gasteiger partial charge in [-0.05, 0) is 30.7 Å². The Hall–Kier alpha value is -1.88. The largest absolute Gasteiger partial charge is 0.480 e. The van der Waals surface area contributed by atoms with Gasteiger partial charge in [-0.25, -0.2) is 0 Å². The van der Waals surface area contributed by atoms with Gasteiger partial charge in [-0.3, -0.25) is 14.9 Å². The number of carboxylic acid groups (broad SMARTS) is 1. The van der Waals surface area contributed by atoms with Gasteiger partial charge < -0.3 is 10.4 Å². The molecule has 1 fully saturated rings. The zero-order valence-electron chi connectivity index (χ0n) is 12.3. The van der Waals surface area contributed by atoms with Crippen LogP contribution in [0, 0.1) is 0 Å². The first-order chi connectivity index (χ1) is 10.0. The minimum atomic E-state index is -0.887. The van der Waals surface area contributed by atoms with E-state index in [4.69, 9.17) is 5.11 Å². The van der Waals surface area contributed by atoms with Crippen LogP contribution in [-0.2, 0) is 9.59 Å². The van der Waals surface area contributed by atoms with Gasteiger partial charge in [0.05, 0.1) is 6.54 Å². The Morgan fingerprint density at radius 3 is 2.48 bits per heavy atom. The van der Waals surface area contributed by atoms with Crippen LogP contribution in [0.2, 0.25) is 0 Å². The topological polar surface area (TPSA) is 78.4 Å². The average Bonchev–Trinajstić information content (AvgIpc) is 2.44. The smallest absolute Gasteiger partial charge is 0.323 e. The van der Waals surface area contributed by atoms with Crippen LogP contribution in [0.25, 0.3) is 0 Å². The van der Waals surface area contributed by atoms with Crippen molar-refractivity contribution in [2.75, 3.05) is 13.1 Å². The number of aliphatic carboxylic acids is 1. The highest BCUT2D eigenvalue weighted by atomic mass is 16.4. The zero-order valence-corrected chi connectivity index (χ0v) is 12.3. The van der Waals surface area contributed by atoms with Crippen LogP contribution in [0.1, 0.15) is 37.7 Å². The molecular formula is C16H22N2O3. The molecule has 0 heterocycles. The molecule has 0 saturated heterocycles. The monoisotopic (exact) mass is 290 g/mol. The second-order valence-corrected chi connectivity index (χ2v) is 5.71. The first kappa shape index (κ1) is 15.5. The SMILES string of the molecule is CC(CNC(=O)CNC1(C(=O)O)CCC1)c1ccccc1. The minimum absolute atomic E-state index is 0.0494. The van der Waals surface area contributed by atoms with Crippen molar-refractivity contribution in [1.29, 1.82) is 0 Å². The number of carbonyl (C=O) groups is 2. The summed E-state index contributed by atoms with van der Waals surface area (Å²) in [4.78, 5) is 23.0. The highest BCUT2D eigenvalue weighted by molar-refractivity contribution is 5.83. The molecule has 114 valence electrons. The van der Waals surface area contributed by atoms with Gasteiger partial charge in [0, 0.05) is 6.54 Å².